The zero-order valence-electron chi connectivity index (χ0n) is 15.3. The van der Waals surface area contributed by atoms with Crippen LogP contribution < -0.4 is 20.1 Å². The summed E-state index contributed by atoms with van der Waals surface area (Å²) in [6, 6.07) is 11.9. The Hall–Kier alpha value is -2.21. The molecule has 2 N–H and O–H groups in total. The molecule has 0 radical (unpaired) electrons. The third-order valence-electron chi connectivity index (χ3n) is 3.49. The Morgan fingerprint density at radius 2 is 1.92 bits per heavy atom. The van der Waals surface area contributed by atoms with E-state index in [0.29, 0.717) is 13.1 Å². The highest BCUT2D eigenvalue weighted by atomic mass is 32.1. The van der Waals surface area contributed by atoms with Gasteiger partial charge in [0.05, 0.1) is 20.2 Å². The maximum Gasteiger partial charge on any atom is 0.191 e. The molecule has 0 aliphatic heterocycles. The molecule has 0 bridgehead atoms. The summed E-state index contributed by atoms with van der Waals surface area (Å²) in [4.78, 5) is 7.20. The first-order valence-corrected chi connectivity index (χ1v) is 9.31. The van der Waals surface area contributed by atoms with E-state index in [-0.39, 0.29) is 6.10 Å². The van der Waals surface area contributed by atoms with Crippen LogP contribution >= 0.6 is 11.3 Å². The van der Waals surface area contributed by atoms with E-state index in [1.807, 2.05) is 31.2 Å². The molecule has 0 saturated carbocycles. The predicted octanol–water partition coefficient (Wildman–Crippen LogP) is 3.59. The second-order valence-corrected chi connectivity index (χ2v) is 7.04. The minimum absolute atomic E-state index is 0.0239. The lowest BCUT2D eigenvalue weighted by molar-refractivity contribution is 0.213. The zero-order chi connectivity index (χ0) is 18.1. The van der Waals surface area contributed by atoms with Crippen LogP contribution in [0.15, 0.2) is 41.4 Å². The van der Waals surface area contributed by atoms with Gasteiger partial charge in [-0.25, -0.2) is 4.99 Å². The topological polar surface area (TPSA) is 54.9 Å². The summed E-state index contributed by atoms with van der Waals surface area (Å²) in [5.41, 5.74) is 0. The highest BCUT2D eigenvalue weighted by molar-refractivity contribution is 7.11. The van der Waals surface area contributed by atoms with Crippen LogP contribution in [-0.4, -0.2) is 32.3 Å². The van der Waals surface area contributed by atoms with Gasteiger partial charge in [0.2, 0.25) is 0 Å². The van der Waals surface area contributed by atoms with Gasteiger partial charge < -0.3 is 20.1 Å². The standard InChI is InChI=1S/C19H27N3O2S/c1-5-20-19(22-13-16-11-10-15(3)25-16)21-12-14(2)24-18-9-7-6-8-17(18)23-4/h6-11,14H,5,12-13H2,1-4H3,(H2,20,21,22). The first-order valence-electron chi connectivity index (χ1n) is 8.49. The number of hydrogen-bond acceptors (Lipinski definition) is 4. The van der Waals surface area contributed by atoms with Crippen molar-refractivity contribution in [3.63, 3.8) is 0 Å². The quantitative estimate of drug-likeness (QED) is 0.557. The summed E-state index contributed by atoms with van der Waals surface area (Å²) in [6.45, 7) is 8.32. The fraction of sp³-hybridized carbons (Fsp3) is 0.421. The van der Waals surface area contributed by atoms with Crippen LogP contribution in [0.2, 0.25) is 0 Å². The number of aryl methyl sites for hydroxylation is 1. The molecule has 1 atom stereocenters. The molecule has 1 unspecified atom stereocenters. The van der Waals surface area contributed by atoms with E-state index in [1.54, 1.807) is 18.4 Å². The van der Waals surface area contributed by atoms with Crippen LogP contribution in [0, 0.1) is 6.92 Å². The summed E-state index contributed by atoms with van der Waals surface area (Å²) in [5, 5.41) is 6.60. The number of aliphatic imine (C=N–C) groups is 1. The van der Waals surface area contributed by atoms with Crippen molar-refractivity contribution in [3.8, 4) is 11.5 Å². The lowest BCUT2D eigenvalue weighted by Crippen LogP contribution is -2.41. The third kappa shape index (κ3) is 6.31. The Balaban J connectivity index is 1.88. The van der Waals surface area contributed by atoms with Crippen molar-refractivity contribution in [3.05, 3.63) is 46.2 Å². The lowest BCUT2D eigenvalue weighted by atomic mass is 10.3. The van der Waals surface area contributed by atoms with Gasteiger partial charge in [0.1, 0.15) is 6.10 Å². The van der Waals surface area contributed by atoms with E-state index < -0.39 is 0 Å². The van der Waals surface area contributed by atoms with Crippen LogP contribution in [0.4, 0.5) is 0 Å². The van der Waals surface area contributed by atoms with Crippen LogP contribution in [0.5, 0.6) is 11.5 Å². The lowest BCUT2D eigenvalue weighted by Gasteiger charge is -2.19. The first kappa shape index (κ1) is 19.1. The number of benzene rings is 1. The van der Waals surface area contributed by atoms with E-state index in [4.69, 9.17) is 9.47 Å². The zero-order valence-corrected chi connectivity index (χ0v) is 16.2. The minimum atomic E-state index is -0.0239. The molecule has 0 spiro atoms. The van der Waals surface area contributed by atoms with E-state index in [1.165, 1.54) is 9.75 Å². The molecule has 2 aromatic rings. The first-order chi connectivity index (χ1) is 12.1. The normalized spacial score (nSPS) is 12.6. The Morgan fingerprint density at radius 1 is 1.16 bits per heavy atom. The number of nitrogens with zero attached hydrogens (tertiary/aromatic N) is 1. The van der Waals surface area contributed by atoms with E-state index in [0.717, 1.165) is 24.0 Å². The molecule has 1 aromatic heterocycles. The van der Waals surface area contributed by atoms with Crippen molar-refractivity contribution < 1.29 is 9.47 Å². The van der Waals surface area contributed by atoms with Crippen molar-refractivity contribution in [2.45, 2.75) is 33.4 Å². The number of rotatable bonds is 8. The van der Waals surface area contributed by atoms with Crippen molar-refractivity contribution in [2.24, 2.45) is 4.99 Å². The number of guanidine groups is 1. The molecule has 1 heterocycles. The van der Waals surface area contributed by atoms with Gasteiger partial charge in [-0.1, -0.05) is 12.1 Å². The summed E-state index contributed by atoms with van der Waals surface area (Å²) in [5.74, 6) is 2.28. The van der Waals surface area contributed by atoms with Crippen molar-refractivity contribution in [1.82, 2.24) is 10.6 Å². The molecule has 0 aliphatic carbocycles. The molecule has 0 fully saturated rings. The molecule has 0 amide bonds. The van der Waals surface area contributed by atoms with Gasteiger partial charge in [0, 0.05) is 16.3 Å². The van der Waals surface area contributed by atoms with E-state index in [9.17, 15) is 0 Å². The summed E-state index contributed by atoms with van der Waals surface area (Å²) >= 11 is 1.78. The van der Waals surface area contributed by atoms with Crippen molar-refractivity contribution >= 4 is 17.3 Å². The molecule has 136 valence electrons. The smallest absolute Gasteiger partial charge is 0.191 e. The number of hydrogen-bond donors (Lipinski definition) is 2. The maximum absolute atomic E-state index is 5.96. The van der Waals surface area contributed by atoms with E-state index >= 15 is 0 Å². The van der Waals surface area contributed by atoms with Gasteiger partial charge in [0.15, 0.2) is 17.5 Å². The monoisotopic (exact) mass is 361 g/mol. The van der Waals surface area contributed by atoms with Crippen molar-refractivity contribution in [2.75, 3.05) is 20.2 Å². The summed E-state index contributed by atoms with van der Waals surface area (Å²) in [6.07, 6.45) is -0.0239. The Morgan fingerprint density at radius 3 is 2.56 bits per heavy atom. The van der Waals surface area contributed by atoms with Crippen LogP contribution in [-0.2, 0) is 6.54 Å². The average Bonchev–Trinajstić information content (AvgIpc) is 3.03. The Bertz CT molecular complexity index is 685. The highest BCUT2D eigenvalue weighted by Gasteiger charge is 2.09. The second-order valence-electron chi connectivity index (χ2n) is 5.67. The number of thiophene rings is 1. The number of para-hydroxylation sites is 2. The van der Waals surface area contributed by atoms with Gasteiger partial charge in [-0.05, 0) is 45.0 Å². The molecule has 2 rings (SSSR count). The minimum Gasteiger partial charge on any atom is -0.493 e. The molecular weight excluding hydrogens is 334 g/mol. The Labute approximate surface area is 154 Å². The van der Waals surface area contributed by atoms with Gasteiger partial charge in [-0.2, -0.15) is 0 Å². The molecule has 0 saturated heterocycles. The molecule has 6 heteroatoms. The maximum atomic E-state index is 5.96. The largest absolute Gasteiger partial charge is 0.493 e. The van der Waals surface area contributed by atoms with Gasteiger partial charge in [0.25, 0.3) is 0 Å². The molecule has 0 aliphatic rings. The van der Waals surface area contributed by atoms with Crippen LogP contribution in [0.1, 0.15) is 23.6 Å². The molecule has 25 heavy (non-hydrogen) atoms. The predicted molar refractivity (Wildman–Crippen MR) is 105 cm³/mol. The third-order valence-corrected chi connectivity index (χ3v) is 4.47. The second kappa shape index (κ2) is 9.93. The van der Waals surface area contributed by atoms with E-state index in [2.05, 4.69) is 41.6 Å². The number of methoxy groups -OCH3 is 1. The number of ether oxygens (including phenoxy) is 2. The highest BCUT2D eigenvalue weighted by Crippen LogP contribution is 2.26. The van der Waals surface area contributed by atoms with Crippen LogP contribution in [0.25, 0.3) is 0 Å². The number of nitrogens with one attached hydrogen (secondary N) is 2. The van der Waals surface area contributed by atoms with Gasteiger partial charge >= 0.3 is 0 Å². The molecule has 5 nitrogen and oxygen atoms in total. The summed E-state index contributed by atoms with van der Waals surface area (Å²) in [7, 11) is 1.65. The Kier molecular flexibility index (Phi) is 7.60. The molecular formula is C19H27N3O2S. The van der Waals surface area contributed by atoms with Crippen molar-refractivity contribution in [1.29, 1.82) is 0 Å². The molecule has 1 aromatic carbocycles. The van der Waals surface area contributed by atoms with Gasteiger partial charge in [-0.3, -0.25) is 0 Å². The van der Waals surface area contributed by atoms with Gasteiger partial charge in [-0.15, -0.1) is 11.3 Å². The fourth-order valence-corrected chi connectivity index (χ4v) is 3.10. The SMILES string of the molecule is CCNC(=NCc1ccc(C)s1)NCC(C)Oc1ccccc1OC. The van der Waals surface area contributed by atoms with Crippen LogP contribution in [0.3, 0.4) is 0 Å². The fourth-order valence-electron chi connectivity index (χ4n) is 2.28. The average molecular weight is 362 g/mol. The summed E-state index contributed by atoms with van der Waals surface area (Å²) < 4.78 is 11.3.